The summed E-state index contributed by atoms with van der Waals surface area (Å²) in [7, 11) is 1.59. The molecule has 0 amide bonds. The van der Waals surface area contributed by atoms with Gasteiger partial charge >= 0.3 is 5.97 Å². The Labute approximate surface area is 161 Å². The second-order valence-corrected chi connectivity index (χ2v) is 7.34. The summed E-state index contributed by atoms with van der Waals surface area (Å²) in [5.41, 5.74) is -1.82. The summed E-state index contributed by atoms with van der Waals surface area (Å²) in [5, 5.41) is 10.9. The maximum Gasteiger partial charge on any atom is 0.339 e. The molecule has 0 aliphatic heterocycles. The topological polar surface area (TPSA) is 82.1 Å². The first-order valence-corrected chi connectivity index (χ1v) is 8.89. The molecular weight excluding hydrogens is 348 g/mol. The minimum atomic E-state index is -1.97. The highest BCUT2D eigenvalue weighted by Crippen LogP contribution is 2.28. The monoisotopic (exact) mass is 378 g/mol. The minimum absolute atomic E-state index is 0.0602. The second kappa shape index (κ2) is 10.2. The SMILES string of the molecule is C=CC[C@H](C=O)[C@@](O)(CCOCc1ccc(OC)cc1)C(=O)OC(C)(C)C. The van der Waals surface area contributed by atoms with Gasteiger partial charge in [0.05, 0.1) is 26.2 Å². The molecule has 0 aromatic heterocycles. The summed E-state index contributed by atoms with van der Waals surface area (Å²) in [6, 6.07) is 7.38. The first kappa shape index (κ1) is 22.9. The Morgan fingerprint density at radius 3 is 2.37 bits per heavy atom. The molecule has 0 bridgehead atoms. The third-order valence-electron chi connectivity index (χ3n) is 4.01. The molecule has 0 radical (unpaired) electrons. The number of aldehydes is 1. The Balaban J connectivity index is 2.76. The van der Waals surface area contributed by atoms with Crippen molar-refractivity contribution in [2.24, 2.45) is 5.92 Å². The lowest BCUT2D eigenvalue weighted by molar-refractivity contribution is -0.186. The van der Waals surface area contributed by atoms with Crippen molar-refractivity contribution in [2.45, 2.75) is 51.4 Å². The lowest BCUT2D eigenvalue weighted by Gasteiger charge is -2.33. The van der Waals surface area contributed by atoms with Crippen LogP contribution in [0.3, 0.4) is 0 Å². The van der Waals surface area contributed by atoms with E-state index >= 15 is 0 Å². The van der Waals surface area contributed by atoms with Crippen molar-refractivity contribution in [1.29, 1.82) is 0 Å². The highest BCUT2D eigenvalue weighted by molar-refractivity contribution is 5.84. The molecule has 0 unspecified atom stereocenters. The molecule has 0 fully saturated rings. The van der Waals surface area contributed by atoms with E-state index < -0.39 is 23.1 Å². The third kappa shape index (κ3) is 7.15. The lowest BCUT2D eigenvalue weighted by atomic mass is 9.83. The van der Waals surface area contributed by atoms with Crippen LogP contribution in [-0.2, 0) is 25.7 Å². The molecular formula is C21H30O6. The van der Waals surface area contributed by atoms with Crippen LogP contribution in [-0.4, -0.2) is 42.3 Å². The van der Waals surface area contributed by atoms with E-state index in [4.69, 9.17) is 14.2 Å². The Morgan fingerprint density at radius 1 is 1.26 bits per heavy atom. The van der Waals surface area contributed by atoms with Gasteiger partial charge in [0.2, 0.25) is 0 Å². The predicted molar refractivity (Wildman–Crippen MR) is 102 cm³/mol. The average Bonchev–Trinajstić information content (AvgIpc) is 2.62. The molecule has 0 aliphatic carbocycles. The van der Waals surface area contributed by atoms with Crippen molar-refractivity contribution in [2.75, 3.05) is 13.7 Å². The molecule has 2 atom stereocenters. The summed E-state index contributed by atoms with van der Waals surface area (Å²) in [6.07, 6.45) is 2.16. The van der Waals surface area contributed by atoms with E-state index in [1.54, 1.807) is 27.9 Å². The van der Waals surface area contributed by atoms with Crippen LogP contribution < -0.4 is 4.74 Å². The summed E-state index contributed by atoms with van der Waals surface area (Å²) in [4.78, 5) is 24.0. The number of hydrogen-bond acceptors (Lipinski definition) is 6. The van der Waals surface area contributed by atoms with Gasteiger partial charge in [-0.2, -0.15) is 0 Å². The quantitative estimate of drug-likeness (QED) is 0.276. The first-order chi connectivity index (χ1) is 12.7. The summed E-state index contributed by atoms with van der Waals surface area (Å²) in [5.74, 6) is -1.03. The van der Waals surface area contributed by atoms with Crippen LogP contribution in [0.25, 0.3) is 0 Å². The molecule has 150 valence electrons. The smallest absolute Gasteiger partial charge is 0.339 e. The zero-order valence-corrected chi connectivity index (χ0v) is 16.6. The van der Waals surface area contributed by atoms with Crippen LogP contribution in [0.1, 0.15) is 39.2 Å². The van der Waals surface area contributed by atoms with Crippen LogP contribution >= 0.6 is 0 Å². The van der Waals surface area contributed by atoms with Gasteiger partial charge in [0.25, 0.3) is 0 Å². The van der Waals surface area contributed by atoms with Crippen LogP contribution in [0.15, 0.2) is 36.9 Å². The van der Waals surface area contributed by atoms with E-state index in [-0.39, 0.29) is 19.4 Å². The molecule has 1 aromatic rings. The number of ether oxygens (including phenoxy) is 3. The van der Waals surface area contributed by atoms with E-state index in [1.165, 1.54) is 6.08 Å². The van der Waals surface area contributed by atoms with Crippen LogP contribution in [0.4, 0.5) is 0 Å². The lowest BCUT2D eigenvalue weighted by Crippen LogP contribution is -2.50. The Morgan fingerprint density at radius 2 is 1.89 bits per heavy atom. The van der Waals surface area contributed by atoms with Gasteiger partial charge in [-0.25, -0.2) is 4.79 Å². The van der Waals surface area contributed by atoms with Gasteiger partial charge in [-0.3, -0.25) is 0 Å². The van der Waals surface area contributed by atoms with Crippen LogP contribution in [0, 0.1) is 5.92 Å². The van der Waals surface area contributed by atoms with Crippen LogP contribution in [0.5, 0.6) is 5.75 Å². The number of esters is 1. The number of allylic oxidation sites excluding steroid dienone is 1. The van der Waals surface area contributed by atoms with Crippen molar-refractivity contribution in [1.82, 2.24) is 0 Å². The normalized spacial score (nSPS) is 14.7. The zero-order chi connectivity index (χ0) is 20.5. The second-order valence-electron chi connectivity index (χ2n) is 7.34. The van der Waals surface area contributed by atoms with E-state index in [9.17, 15) is 14.7 Å². The number of methoxy groups -OCH3 is 1. The van der Waals surface area contributed by atoms with Gasteiger partial charge in [-0.1, -0.05) is 18.2 Å². The molecule has 6 heteroatoms. The highest BCUT2D eigenvalue weighted by atomic mass is 16.6. The number of rotatable bonds is 11. The summed E-state index contributed by atoms with van der Waals surface area (Å²) >= 11 is 0. The molecule has 0 saturated heterocycles. The number of aliphatic hydroxyl groups is 1. The van der Waals surface area contributed by atoms with E-state index in [1.807, 2.05) is 24.3 Å². The maximum absolute atomic E-state index is 12.6. The van der Waals surface area contributed by atoms with Gasteiger partial charge in [-0.05, 0) is 44.9 Å². The summed E-state index contributed by atoms with van der Waals surface area (Å²) < 4.78 is 16.0. The third-order valence-corrected chi connectivity index (χ3v) is 4.01. The number of carbonyl (C=O) groups excluding carboxylic acids is 2. The molecule has 0 heterocycles. The van der Waals surface area contributed by atoms with Crippen molar-refractivity contribution < 1.29 is 28.9 Å². The van der Waals surface area contributed by atoms with E-state index in [0.717, 1.165) is 11.3 Å². The standard InChI is InChI=1S/C21H30O6/c1-6-7-17(14-22)21(24,19(23)27-20(2,3)4)12-13-26-15-16-8-10-18(25-5)11-9-16/h6,8-11,14,17,24H,1,7,12-13,15H2,2-5H3/t17-,21+/m1/s1. The van der Waals surface area contributed by atoms with Crippen molar-refractivity contribution in [3.8, 4) is 5.75 Å². The fraction of sp³-hybridized carbons (Fsp3) is 0.524. The predicted octanol–water partition coefficient (Wildman–Crippen LogP) is 3.07. The highest BCUT2D eigenvalue weighted by Gasteiger charge is 2.46. The fourth-order valence-corrected chi connectivity index (χ4v) is 2.49. The van der Waals surface area contributed by atoms with Gasteiger partial charge in [0.1, 0.15) is 17.6 Å². The molecule has 1 N–H and O–H groups in total. The van der Waals surface area contributed by atoms with Crippen LogP contribution in [0.2, 0.25) is 0 Å². The Hall–Kier alpha value is -2.18. The van der Waals surface area contributed by atoms with E-state index in [0.29, 0.717) is 12.9 Å². The molecule has 27 heavy (non-hydrogen) atoms. The first-order valence-electron chi connectivity index (χ1n) is 8.89. The minimum Gasteiger partial charge on any atom is -0.497 e. The zero-order valence-electron chi connectivity index (χ0n) is 16.6. The molecule has 0 spiro atoms. The molecule has 6 nitrogen and oxygen atoms in total. The van der Waals surface area contributed by atoms with Gasteiger partial charge < -0.3 is 24.1 Å². The van der Waals surface area contributed by atoms with Gasteiger partial charge in [0.15, 0.2) is 5.60 Å². The molecule has 0 aliphatic rings. The Bertz CT molecular complexity index is 617. The largest absolute Gasteiger partial charge is 0.497 e. The summed E-state index contributed by atoms with van der Waals surface area (Å²) in [6.45, 7) is 9.09. The molecule has 1 aromatic carbocycles. The number of benzene rings is 1. The van der Waals surface area contributed by atoms with Crippen molar-refractivity contribution >= 4 is 12.3 Å². The van der Waals surface area contributed by atoms with Crippen molar-refractivity contribution in [3.63, 3.8) is 0 Å². The van der Waals surface area contributed by atoms with E-state index in [2.05, 4.69) is 6.58 Å². The van der Waals surface area contributed by atoms with Gasteiger partial charge in [0, 0.05) is 6.42 Å². The average molecular weight is 378 g/mol. The van der Waals surface area contributed by atoms with Crippen molar-refractivity contribution in [3.05, 3.63) is 42.5 Å². The Kier molecular flexibility index (Phi) is 8.66. The molecule has 0 saturated carbocycles. The molecule has 1 rings (SSSR count). The number of carbonyl (C=O) groups is 2. The number of hydrogen-bond donors (Lipinski definition) is 1. The van der Waals surface area contributed by atoms with Gasteiger partial charge in [-0.15, -0.1) is 6.58 Å². The maximum atomic E-state index is 12.6. The fourth-order valence-electron chi connectivity index (χ4n) is 2.49.